The fraction of sp³-hybridized carbons (Fsp3) is 0.467. The SMILES string of the molecule is CC(=O)NCC(=O)N1CCSC(c2cc(F)ccc2F)CC1. The van der Waals surface area contributed by atoms with E-state index in [4.69, 9.17) is 0 Å². The largest absolute Gasteiger partial charge is 0.347 e. The molecule has 4 nitrogen and oxygen atoms in total. The molecule has 1 unspecified atom stereocenters. The van der Waals surface area contributed by atoms with Crippen molar-refractivity contribution >= 4 is 23.6 Å². The maximum Gasteiger partial charge on any atom is 0.241 e. The lowest BCUT2D eigenvalue weighted by Crippen LogP contribution is -2.40. The molecule has 7 heteroatoms. The van der Waals surface area contributed by atoms with Crippen molar-refractivity contribution in [1.82, 2.24) is 10.2 Å². The smallest absolute Gasteiger partial charge is 0.241 e. The first-order chi connectivity index (χ1) is 10.5. The van der Waals surface area contributed by atoms with E-state index in [1.54, 1.807) is 4.90 Å². The van der Waals surface area contributed by atoms with Crippen LogP contribution < -0.4 is 5.32 Å². The molecule has 0 aromatic heterocycles. The van der Waals surface area contributed by atoms with Gasteiger partial charge in [-0.25, -0.2) is 8.78 Å². The third-order valence-electron chi connectivity index (χ3n) is 3.49. The summed E-state index contributed by atoms with van der Waals surface area (Å²) in [6.07, 6.45) is 0.552. The van der Waals surface area contributed by atoms with Crippen molar-refractivity contribution in [2.75, 3.05) is 25.4 Å². The minimum Gasteiger partial charge on any atom is -0.347 e. The lowest BCUT2D eigenvalue weighted by Gasteiger charge is -2.20. The van der Waals surface area contributed by atoms with Crippen molar-refractivity contribution in [2.24, 2.45) is 0 Å². The predicted molar refractivity (Wildman–Crippen MR) is 81.4 cm³/mol. The minimum absolute atomic E-state index is 0.0288. The lowest BCUT2D eigenvalue weighted by atomic mass is 10.1. The molecule has 0 saturated carbocycles. The Morgan fingerprint density at radius 1 is 1.36 bits per heavy atom. The Labute approximate surface area is 132 Å². The number of rotatable bonds is 3. The van der Waals surface area contributed by atoms with Crippen LogP contribution in [-0.2, 0) is 9.59 Å². The average Bonchev–Trinajstić information content (AvgIpc) is 2.73. The summed E-state index contributed by atoms with van der Waals surface area (Å²) in [5.41, 5.74) is 0.348. The summed E-state index contributed by atoms with van der Waals surface area (Å²) in [5.74, 6) is -0.642. The molecule has 22 heavy (non-hydrogen) atoms. The summed E-state index contributed by atoms with van der Waals surface area (Å²) in [4.78, 5) is 24.5. The third kappa shape index (κ3) is 4.43. The quantitative estimate of drug-likeness (QED) is 0.924. The molecule has 0 spiro atoms. The molecule has 0 aliphatic carbocycles. The van der Waals surface area contributed by atoms with Crippen molar-refractivity contribution in [1.29, 1.82) is 0 Å². The number of amides is 2. The molecule has 2 amide bonds. The Kier molecular flexibility index (Phi) is 5.76. The number of halogens is 2. The van der Waals surface area contributed by atoms with E-state index in [-0.39, 0.29) is 23.6 Å². The Bertz CT molecular complexity index is 568. The molecule has 1 saturated heterocycles. The average molecular weight is 328 g/mol. The van der Waals surface area contributed by atoms with Gasteiger partial charge in [0.1, 0.15) is 11.6 Å². The Balaban J connectivity index is 1.99. The second kappa shape index (κ2) is 7.58. The van der Waals surface area contributed by atoms with E-state index in [1.165, 1.54) is 24.8 Å². The zero-order chi connectivity index (χ0) is 16.1. The predicted octanol–water partition coefficient (Wildman–Crippen LogP) is 2.11. The Morgan fingerprint density at radius 2 is 2.14 bits per heavy atom. The Hall–Kier alpha value is -1.63. The van der Waals surface area contributed by atoms with Gasteiger partial charge in [-0.15, -0.1) is 0 Å². The second-order valence-electron chi connectivity index (χ2n) is 5.10. The molecule has 1 N–H and O–H groups in total. The summed E-state index contributed by atoms with van der Waals surface area (Å²) < 4.78 is 27.1. The van der Waals surface area contributed by atoms with Gasteiger partial charge in [0.25, 0.3) is 0 Å². The van der Waals surface area contributed by atoms with E-state index in [0.29, 0.717) is 30.8 Å². The number of carbonyl (C=O) groups is 2. The highest BCUT2D eigenvalue weighted by Crippen LogP contribution is 2.36. The van der Waals surface area contributed by atoms with Gasteiger partial charge >= 0.3 is 0 Å². The molecule has 1 fully saturated rings. The first-order valence-corrected chi connectivity index (χ1v) is 8.11. The standard InChI is InChI=1S/C15H18F2N2O2S/c1-10(20)18-9-15(21)19-5-4-14(22-7-6-19)12-8-11(16)2-3-13(12)17/h2-3,8,14H,4-7,9H2,1H3,(H,18,20). The van der Waals surface area contributed by atoms with E-state index in [0.717, 1.165) is 12.1 Å². The number of hydrogen-bond donors (Lipinski definition) is 1. The highest BCUT2D eigenvalue weighted by atomic mass is 32.2. The van der Waals surface area contributed by atoms with Crippen molar-refractivity contribution in [3.8, 4) is 0 Å². The van der Waals surface area contributed by atoms with Crippen molar-refractivity contribution in [2.45, 2.75) is 18.6 Å². The normalized spacial score (nSPS) is 18.7. The zero-order valence-corrected chi connectivity index (χ0v) is 13.1. The van der Waals surface area contributed by atoms with E-state index in [1.807, 2.05) is 0 Å². The Morgan fingerprint density at radius 3 is 2.86 bits per heavy atom. The van der Waals surface area contributed by atoms with Gasteiger partial charge in [-0.3, -0.25) is 9.59 Å². The molecule has 0 radical (unpaired) electrons. The molecule has 1 aromatic carbocycles. The summed E-state index contributed by atoms with van der Waals surface area (Å²) >= 11 is 1.52. The maximum absolute atomic E-state index is 13.8. The van der Waals surface area contributed by atoms with Crippen LogP contribution in [0.2, 0.25) is 0 Å². The van der Waals surface area contributed by atoms with Gasteiger partial charge in [-0.1, -0.05) is 0 Å². The lowest BCUT2D eigenvalue weighted by molar-refractivity contribution is -0.132. The molecule has 1 aromatic rings. The van der Waals surface area contributed by atoms with E-state index in [9.17, 15) is 18.4 Å². The fourth-order valence-electron chi connectivity index (χ4n) is 2.34. The summed E-state index contributed by atoms with van der Waals surface area (Å²) in [5, 5.41) is 2.30. The van der Waals surface area contributed by atoms with Crippen LogP contribution in [0.4, 0.5) is 8.78 Å². The zero-order valence-electron chi connectivity index (χ0n) is 12.3. The van der Waals surface area contributed by atoms with Crippen molar-refractivity contribution in [3.05, 3.63) is 35.4 Å². The summed E-state index contributed by atoms with van der Waals surface area (Å²) in [7, 11) is 0. The minimum atomic E-state index is -0.458. The highest BCUT2D eigenvalue weighted by molar-refractivity contribution is 7.99. The first-order valence-electron chi connectivity index (χ1n) is 7.06. The highest BCUT2D eigenvalue weighted by Gasteiger charge is 2.24. The number of nitrogens with zero attached hydrogens (tertiary/aromatic N) is 1. The molecule has 120 valence electrons. The van der Waals surface area contributed by atoms with Gasteiger partial charge in [-0.2, -0.15) is 11.8 Å². The molecule has 0 bridgehead atoms. The van der Waals surface area contributed by atoms with Gasteiger partial charge in [0, 0.05) is 36.6 Å². The van der Waals surface area contributed by atoms with Gasteiger partial charge in [-0.05, 0) is 24.6 Å². The van der Waals surface area contributed by atoms with Crippen molar-refractivity contribution < 1.29 is 18.4 Å². The molecule has 1 aliphatic heterocycles. The molecule has 1 atom stereocenters. The van der Waals surface area contributed by atoms with Crippen LogP contribution in [0.5, 0.6) is 0 Å². The van der Waals surface area contributed by atoms with Crippen LogP contribution in [0.15, 0.2) is 18.2 Å². The monoisotopic (exact) mass is 328 g/mol. The van der Waals surface area contributed by atoms with Gasteiger partial charge in [0.05, 0.1) is 6.54 Å². The number of nitrogens with one attached hydrogen (secondary N) is 1. The summed E-state index contributed by atoms with van der Waals surface area (Å²) in [6.45, 7) is 2.33. The maximum atomic E-state index is 13.8. The van der Waals surface area contributed by atoms with Crippen LogP contribution in [0.25, 0.3) is 0 Å². The van der Waals surface area contributed by atoms with E-state index in [2.05, 4.69) is 5.32 Å². The second-order valence-corrected chi connectivity index (χ2v) is 6.42. The third-order valence-corrected chi connectivity index (χ3v) is 4.80. The molecule has 1 heterocycles. The van der Waals surface area contributed by atoms with Crippen LogP contribution >= 0.6 is 11.8 Å². The number of hydrogen-bond acceptors (Lipinski definition) is 3. The number of benzene rings is 1. The fourth-order valence-corrected chi connectivity index (χ4v) is 3.58. The van der Waals surface area contributed by atoms with Crippen LogP contribution in [0, 0.1) is 11.6 Å². The van der Waals surface area contributed by atoms with Crippen LogP contribution in [-0.4, -0.2) is 42.1 Å². The van der Waals surface area contributed by atoms with Gasteiger partial charge in [0.2, 0.25) is 11.8 Å². The number of carbonyl (C=O) groups excluding carboxylic acids is 2. The van der Waals surface area contributed by atoms with Crippen LogP contribution in [0.1, 0.15) is 24.2 Å². The van der Waals surface area contributed by atoms with E-state index >= 15 is 0 Å². The van der Waals surface area contributed by atoms with E-state index < -0.39 is 11.6 Å². The topological polar surface area (TPSA) is 49.4 Å². The van der Waals surface area contributed by atoms with Gasteiger partial charge in [0.15, 0.2) is 0 Å². The van der Waals surface area contributed by atoms with Crippen molar-refractivity contribution in [3.63, 3.8) is 0 Å². The van der Waals surface area contributed by atoms with Crippen LogP contribution in [0.3, 0.4) is 0 Å². The molecule has 2 rings (SSSR count). The van der Waals surface area contributed by atoms with Gasteiger partial charge < -0.3 is 10.2 Å². The summed E-state index contributed by atoms with van der Waals surface area (Å²) in [6, 6.07) is 3.46. The first kappa shape index (κ1) is 16.7. The molecular weight excluding hydrogens is 310 g/mol. The molecule has 1 aliphatic rings. The molecular formula is C15H18F2N2O2S. The number of thioether (sulfide) groups is 1.